The van der Waals surface area contributed by atoms with E-state index in [1.165, 1.54) is 6.08 Å². The molecule has 1 aliphatic heterocycles. The molecule has 1 saturated heterocycles. The first-order valence-corrected chi connectivity index (χ1v) is 9.05. The second kappa shape index (κ2) is 5.36. The molecule has 3 nitrogen and oxygen atoms in total. The van der Waals surface area contributed by atoms with E-state index in [1.54, 1.807) is 0 Å². The van der Waals surface area contributed by atoms with Crippen molar-refractivity contribution >= 4 is 14.3 Å². The van der Waals surface area contributed by atoms with E-state index in [-0.39, 0.29) is 17.3 Å². The highest BCUT2D eigenvalue weighted by Gasteiger charge is 2.46. The van der Waals surface area contributed by atoms with Gasteiger partial charge >= 0.3 is 5.97 Å². The summed E-state index contributed by atoms with van der Waals surface area (Å²) >= 11 is 0. The van der Waals surface area contributed by atoms with Crippen molar-refractivity contribution in [1.29, 1.82) is 0 Å². The average Bonchev–Trinajstić information content (AvgIpc) is 2.23. The number of carbonyl (C=O) groups excluding carboxylic acids is 1. The molecule has 0 aliphatic carbocycles. The standard InChI is InChI=1S/C13H24O3Si/c1-6-11(14)15-12(7-2)17(5)10-8-9-13(3,4)16-17/h6,12H,1,7-10H2,2-5H3. The van der Waals surface area contributed by atoms with E-state index >= 15 is 0 Å². The van der Waals surface area contributed by atoms with Gasteiger partial charge in [0.1, 0.15) is 5.73 Å². The Morgan fingerprint density at radius 3 is 2.76 bits per heavy atom. The molecule has 1 fully saturated rings. The van der Waals surface area contributed by atoms with Crippen LogP contribution in [-0.4, -0.2) is 25.6 Å². The van der Waals surface area contributed by atoms with Crippen LogP contribution in [0.4, 0.5) is 0 Å². The number of carbonyl (C=O) groups is 1. The quantitative estimate of drug-likeness (QED) is 0.440. The van der Waals surface area contributed by atoms with E-state index in [0.29, 0.717) is 0 Å². The van der Waals surface area contributed by atoms with Crippen molar-refractivity contribution in [3.05, 3.63) is 12.7 Å². The van der Waals surface area contributed by atoms with Crippen LogP contribution < -0.4 is 0 Å². The zero-order chi connectivity index (χ0) is 13.1. The smallest absolute Gasteiger partial charge is 0.330 e. The molecule has 98 valence electrons. The summed E-state index contributed by atoms with van der Waals surface area (Å²) in [5, 5.41) is 0. The maximum absolute atomic E-state index is 11.4. The molecular formula is C13H24O3Si. The number of ether oxygens (including phenoxy) is 1. The Labute approximate surface area is 105 Å². The highest BCUT2D eigenvalue weighted by atomic mass is 28.4. The van der Waals surface area contributed by atoms with Crippen LogP contribution in [0, 0.1) is 0 Å². The van der Waals surface area contributed by atoms with Gasteiger partial charge in [-0.1, -0.05) is 19.9 Å². The van der Waals surface area contributed by atoms with E-state index in [2.05, 4.69) is 27.0 Å². The van der Waals surface area contributed by atoms with E-state index < -0.39 is 8.32 Å². The van der Waals surface area contributed by atoms with Gasteiger partial charge in [-0.3, -0.25) is 0 Å². The van der Waals surface area contributed by atoms with Crippen molar-refractivity contribution in [2.75, 3.05) is 0 Å². The maximum Gasteiger partial charge on any atom is 0.330 e. The summed E-state index contributed by atoms with van der Waals surface area (Å²) in [7, 11) is -1.97. The van der Waals surface area contributed by atoms with Gasteiger partial charge < -0.3 is 9.16 Å². The molecule has 17 heavy (non-hydrogen) atoms. The second-order valence-electron chi connectivity index (χ2n) is 5.57. The third-order valence-electron chi connectivity index (χ3n) is 3.44. The van der Waals surface area contributed by atoms with Crippen LogP contribution in [0.3, 0.4) is 0 Å². The van der Waals surface area contributed by atoms with Gasteiger partial charge in [-0.2, -0.15) is 0 Å². The van der Waals surface area contributed by atoms with Crippen LogP contribution in [0.1, 0.15) is 40.0 Å². The van der Waals surface area contributed by atoms with Gasteiger partial charge in [0.25, 0.3) is 0 Å². The number of rotatable bonds is 4. The lowest BCUT2D eigenvalue weighted by Crippen LogP contribution is -2.56. The molecule has 0 aromatic carbocycles. The molecule has 0 bridgehead atoms. The highest BCUT2D eigenvalue weighted by molar-refractivity contribution is 6.74. The molecule has 1 heterocycles. The molecule has 0 N–H and O–H groups in total. The van der Waals surface area contributed by atoms with E-state index in [1.807, 2.05) is 6.92 Å². The van der Waals surface area contributed by atoms with Gasteiger partial charge in [0.15, 0.2) is 0 Å². The average molecular weight is 256 g/mol. The molecule has 2 unspecified atom stereocenters. The van der Waals surface area contributed by atoms with Crippen LogP contribution in [0.5, 0.6) is 0 Å². The van der Waals surface area contributed by atoms with Crippen LogP contribution in [0.15, 0.2) is 12.7 Å². The predicted molar refractivity (Wildman–Crippen MR) is 71.2 cm³/mol. The minimum absolute atomic E-state index is 0.0624. The first kappa shape index (κ1) is 14.4. The lowest BCUT2D eigenvalue weighted by Gasteiger charge is -2.45. The lowest BCUT2D eigenvalue weighted by atomic mass is 10.0. The molecule has 4 heteroatoms. The zero-order valence-corrected chi connectivity index (χ0v) is 12.4. The molecule has 0 spiro atoms. The Hall–Kier alpha value is -0.613. The Morgan fingerprint density at radius 1 is 1.65 bits per heavy atom. The summed E-state index contributed by atoms with van der Waals surface area (Å²) in [6.07, 6.45) is 4.30. The lowest BCUT2D eigenvalue weighted by molar-refractivity contribution is -0.141. The second-order valence-corrected chi connectivity index (χ2v) is 9.54. The monoisotopic (exact) mass is 256 g/mol. The van der Waals surface area contributed by atoms with Crippen LogP contribution >= 0.6 is 0 Å². The van der Waals surface area contributed by atoms with Crippen molar-refractivity contribution in [2.24, 2.45) is 0 Å². The summed E-state index contributed by atoms with van der Waals surface area (Å²) in [4.78, 5) is 11.4. The Balaban J connectivity index is 2.78. The largest absolute Gasteiger partial charge is 0.460 e. The number of hydrogen-bond acceptors (Lipinski definition) is 3. The SMILES string of the molecule is C=CC(=O)OC(CC)[Si]1(C)CCCC(C)(C)O1. The minimum Gasteiger partial charge on any atom is -0.460 e. The fraction of sp³-hybridized carbons (Fsp3) is 0.769. The molecule has 0 aromatic rings. The van der Waals surface area contributed by atoms with Crippen LogP contribution in [0.25, 0.3) is 0 Å². The first-order valence-electron chi connectivity index (χ1n) is 6.36. The van der Waals surface area contributed by atoms with Gasteiger partial charge in [-0.15, -0.1) is 0 Å². The summed E-state index contributed by atoms with van der Waals surface area (Å²) in [6, 6.07) is 1.07. The predicted octanol–water partition coefficient (Wildman–Crippen LogP) is 3.20. The van der Waals surface area contributed by atoms with Crippen molar-refractivity contribution in [1.82, 2.24) is 0 Å². The minimum atomic E-state index is -1.97. The van der Waals surface area contributed by atoms with Crippen molar-refractivity contribution in [3.8, 4) is 0 Å². The Kier molecular flexibility index (Phi) is 4.55. The van der Waals surface area contributed by atoms with Gasteiger partial charge in [0.05, 0.1) is 5.60 Å². The highest BCUT2D eigenvalue weighted by Crippen LogP contribution is 2.36. The molecule has 1 rings (SSSR count). The van der Waals surface area contributed by atoms with Crippen molar-refractivity contribution < 1.29 is 14.0 Å². The zero-order valence-electron chi connectivity index (χ0n) is 11.4. The van der Waals surface area contributed by atoms with Gasteiger partial charge in [-0.25, -0.2) is 4.79 Å². The normalized spacial score (nSPS) is 29.4. The van der Waals surface area contributed by atoms with Gasteiger partial charge in [0, 0.05) is 6.08 Å². The van der Waals surface area contributed by atoms with E-state index in [9.17, 15) is 4.79 Å². The maximum atomic E-state index is 11.4. The molecule has 0 amide bonds. The number of hydrogen-bond donors (Lipinski definition) is 0. The molecule has 0 radical (unpaired) electrons. The Morgan fingerprint density at radius 2 is 2.29 bits per heavy atom. The van der Waals surface area contributed by atoms with E-state index in [4.69, 9.17) is 9.16 Å². The molecule has 0 saturated carbocycles. The fourth-order valence-electron chi connectivity index (χ4n) is 2.65. The summed E-state index contributed by atoms with van der Waals surface area (Å²) in [5.41, 5.74) is -0.139. The fourth-order valence-corrected chi connectivity index (χ4v) is 6.68. The topological polar surface area (TPSA) is 35.5 Å². The van der Waals surface area contributed by atoms with Crippen molar-refractivity contribution in [3.63, 3.8) is 0 Å². The van der Waals surface area contributed by atoms with Crippen molar-refractivity contribution in [2.45, 2.75) is 64.0 Å². The first-order chi connectivity index (χ1) is 7.83. The van der Waals surface area contributed by atoms with Gasteiger partial charge in [-0.05, 0) is 39.3 Å². The molecule has 2 atom stereocenters. The summed E-state index contributed by atoms with van der Waals surface area (Å²) < 4.78 is 11.8. The van der Waals surface area contributed by atoms with Crippen LogP contribution in [0.2, 0.25) is 12.6 Å². The summed E-state index contributed by atoms with van der Waals surface area (Å²) in [6.45, 7) is 11.9. The van der Waals surface area contributed by atoms with E-state index in [0.717, 1.165) is 25.3 Å². The number of esters is 1. The third-order valence-corrected chi connectivity index (χ3v) is 7.69. The molecular weight excluding hydrogens is 232 g/mol. The van der Waals surface area contributed by atoms with Crippen LogP contribution in [-0.2, 0) is 14.0 Å². The van der Waals surface area contributed by atoms with Gasteiger partial charge in [0.2, 0.25) is 8.32 Å². The third kappa shape index (κ3) is 3.68. The molecule has 0 aromatic heterocycles. The molecule has 1 aliphatic rings. The summed E-state index contributed by atoms with van der Waals surface area (Å²) in [5.74, 6) is -0.336. The Bertz CT molecular complexity index is 301.